The van der Waals surface area contributed by atoms with E-state index in [0.29, 0.717) is 6.61 Å². The number of halogens is 1. The van der Waals surface area contributed by atoms with Gasteiger partial charge in [-0.3, -0.25) is 0 Å². The fourth-order valence-corrected chi connectivity index (χ4v) is 1.62. The first-order valence-electron chi connectivity index (χ1n) is 5.77. The van der Waals surface area contributed by atoms with Gasteiger partial charge in [-0.05, 0) is 52.1 Å². The van der Waals surface area contributed by atoms with Crippen LogP contribution in [0.4, 0.5) is 0 Å². The van der Waals surface area contributed by atoms with Gasteiger partial charge in [-0.1, -0.05) is 17.2 Å². The summed E-state index contributed by atoms with van der Waals surface area (Å²) < 4.78 is 5.75. The maximum Gasteiger partial charge on any atom is 0.124 e. The molecule has 1 aromatic rings. The van der Waals surface area contributed by atoms with Crippen LogP contribution in [0.25, 0.3) is 0 Å². The summed E-state index contributed by atoms with van der Waals surface area (Å²) in [7, 11) is 1.92. The minimum atomic E-state index is 0.218. The number of allylic oxidation sites excluding steroid dienone is 1. The Balaban J connectivity index is 2.86. The van der Waals surface area contributed by atoms with Crippen LogP contribution in [0.2, 0.25) is 5.02 Å². The molecule has 0 amide bonds. The molecule has 0 aliphatic carbocycles. The number of hydrogen-bond donors (Lipinski definition) is 1. The molecule has 3 heteroatoms. The summed E-state index contributed by atoms with van der Waals surface area (Å²) in [4.78, 5) is 0. The van der Waals surface area contributed by atoms with Crippen molar-refractivity contribution in [2.45, 2.75) is 26.8 Å². The molecular weight excluding hydrogens is 234 g/mol. The van der Waals surface area contributed by atoms with Gasteiger partial charge in [0.2, 0.25) is 0 Å². The molecule has 17 heavy (non-hydrogen) atoms. The van der Waals surface area contributed by atoms with Gasteiger partial charge in [0.15, 0.2) is 0 Å². The molecule has 1 atom stereocenters. The minimum Gasteiger partial charge on any atom is -0.489 e. The van der Waals surface area contributed by atoms with Crippen molar-refractivity contribution in [1.29, 1.82) is 0 Å². The maximum atomic E-state index is 6.01. The highest BCUT2D eigenvalue weighted by atomic mass is 35.5. The first kappa shape index (κ1) is 14.1. The van der Waals surface area contributed by atoms with Crippen LogP contribution in [0.3, 0.4) is 0 Å². The van der Waals surface area contributed by atoms with Crippen LogP contribution in [-0.2, 0) is 0 Å². The summed E-state index contributed by atoms with van der Waals surface area (Å²) in [5.41, 5.74) is 2.34. The third-order valence-electron chi connectivity index (χ3n) is 2.60. The average molecular weight is 254 g/mol. The highest BCUT2D eigenvalue weighted by Crippen LogP contribution is 2.28. The van der Waals surface area contributed by atoms with Crippen molar-refractivity contribution >= 4 is 11.6 Å². The highest BCUT2D eigenvalue weighted by Gasteiger charge is 2.10. The fourth-order valence-electron chi connectivity index (χ4n) is 1.44. The Hall–Kier alpha value is -0.990. The fraction of sp³-hybridized carbons (Fsp3) is 0.429. The summed E-state index contributed by atoms with van der Waals surface area (Å²) in [6.45, 7) is 6.79. The molecule has 1 rings (SSSR count). The molecule has 0 aromatic heterocycles. The highest BCUT2D eigenvalue weighted by molar-refractivity contribution is 6.30. The predicted octanol–water partition coefficient (Wildman–Crippen LogP) is 3.97. The van der Waals surface area contributed by atoms with Crippen molar-refractivity contribution < 1.29 is 4.74 Å². The molecule has 0 aliphatic rings. The molecule has 0 bridgehead atoms. The molecule has 1 unspecified atom stereocenters. The lowest BCUT2D eigenvalue weighted by Crippen LogP contribution is -2.13. The van der Waals surface area contributed by atoms with Gasteiger partial charge in [-0.15, -0.1) is 0 Å². The third kappa shape index (κ3) is 4.41. The van der Waals surface area contributed by atoms with Crippen LogP contribution in [0.15, 0.2) is 29.8 Å². The van der Waals surface area contributed by atoms with E-state index in [2.05, 4.69) is 32.2 Å². The van der Waals surface area contributed by atoms with Gasteiger partial charge in [0.05, 0.1) is 0 Å². The minimum absolute atomic E-state index is 0.218. The molecule has 0 heterocycles. The summed E-state index contributed by atoms with van der Waals surface area (Å²) in [6, 6.07) is 5.94. The summed E-state index contributed by atoms with van der Waals surface area (Å²) in [5, 5.41) is 3.93. The van der Waals surface area contributed by atoms with Crippen LogP contribution in [-0.4, -0.2) is 13.7 Å². The van der Waals surface area contributed by atoms with E-state index in [9.17, 15) is 0 Å². The quantitative estimate of drug-likeness (QED) is 0.802. The van der Waals surface area contributed by atoms with E-state index in [0.717, 1.165) is 16.3 Å². The summed E-state index contributed by atoms with van der Waals surface area (Å²) in [5.74, 6) is 0.883. The maximum absolute atomic E-state index is 6.01. The smallest absolute Gasteiger partial charge is 0.124 e. The van der Waals surface area contributed by atoms with Crippen LogP contribution in [0.5, 0.6) is 5.75 Å². The zero-order chi connectivity index (χ0) is 12.8. The average Bonchev–Trinajstić information content (AvgIpc) is 2.29. The molecular formula is C14H20ClNO. The van der Waals surface area contributed by atoms with Gasteiger partial charge in [0.1, 0.15) is 12.4 Å². The van der Waals surface area contributed by atoms with Crippen molar-refractivity contribution in [2.75, 3.05) is 13.7 Å². The van der Waals surface area contributed by atoms with E-state index in [-0.39, 0.29) is 6.04 Å². The van der Waals surface area contributed by atoms with E-state index in [1.54, 1.807) is 0 Å². The zero-order valence-corrected chi connectivity index (χ0v) is 11.6. The predicted molar refractivity (Wildman–Crippen MR) is 73.9 cm³/mol. The van der Waals surface area contributed by atoms with Gasteiger partial charge in [0.25, 0.3) is 0 Å². The molecule has 0 saturated carbocycles. The van der Waals surface area contributed by atoms with Crippen LogP contribution in [0.1, 0.15) is 32.4 Å². The molecule has 0 fully saturated rings. The SMILES string of the molecule is CNC(C)c1cc(Cl)ccc1OCC=C(C)C. The zero-order valence-electron chi connectivity index (χ0n) is 10.9. The lowest BCUT2D eigenvalue weighted by molar-refractivity contribution is 0.354. The van der Waals surface area contributed by atoms with E-state index >= 15 is 0 Å². The third-order valence-corrected chi connectivity index (χ3v) is 2.84. The molecule has 0 aliphatic heterocycles. The second-order valence-corrected chi connectivity index (χ2v) is 4.72. The summed E-state index contributed by atoms with van der Waals surface area (Å²) >= 11 is 6.01. The van der Waals surface area contributed by atoms with E-state index in [1.807, 2.05) is 25.2 Å². The molecule has 2 nitrogen and oxygen atoms in total. The molecule has 1 N–H and O–H groups in total. The van der Waals surface area contributed by atoms with E-state index in [1.165, 1.54) is 5.57 Å². The monoisotopic (exact) mass is 253 g/mol. The molecule has 94 valence electrons. The number of hydrogen-bond acceptors (Lipinski definition) is 2. The van der Waals surface area contributed by atoms with Gasteiger partial charge in [-0.2, -0.15) is 0 Å². The second kappa shape index (κ2) is 6.67. The van der Waals surface area contributed by atoms with E-state index < -0.39 is 0 Å². The molecule has 0 radical (unpaired) electrons. The Kier molecular flexibility index (Phi) is 5.52. The van der Waals surface area contributed by atoms with E-state index in [4.69, 9.17) is 16.3 Å². The molecule has 0 saturated heterocycles. The number of rotatable bonds is 5. The van der Waals surface area contributed by atoms with Crippen LogP contribution in [0, 0.1) is 0 Å². The topological polar surface area (TPSA) is 21.3 Å². The Morgan fingerprint density at radius 1 is 1.47 bits per heavy atom. The summed E-state index contributed by atoms with van der Waals surface area (Å²) in [6.07, 6.45) is 2.06. The Morgan fingerprint density at radius 3 is 2.76 bits per heavy atom. The standard InChI is InChI=1S/C14H20ClNO/c1-10(2)7-8-17-14-6-5-12(15)9-13(14)11(3)16-4/h5-7,9,11,16H,8H2,1-4H3. The number of benzene rings is 1. The first-order chi connectivity index (χ1) is 8.04. The normalized spacial score (nSPS) is 12.1. The Labute approximate surface area is 109 Å². The number of nitrogens with one attached hydrogen (secondary N) is 1. The Bertz CT molecular complexity index is 397. The van der Waals surface area contributed by atoms with Gasteiger partial charge in [-0.25, -0.2) is 0 Å². The number of ether oxygens (including phenoxy) is 1. The van der Waals surface area contributed by atoms with Crippen molar-refractivity contribution in [3.63, 3.8) is 0 Å². The molecule has 1 aromatic carbocycles. The largest absolute Gasteiger partial charge is 0.489 e. The lowest BCUT2D eigenvalue weighted by Gasteiger charge is -2.16. The van der Waals surface area contributed by atoms with Crippen molar-refractivity contribution in [1.82, 2.24) is 5.32 Å². The molecule has 0 spiro atoms. The second-order valence-electron chi connectivity index (χ2n) is 4.28. The van der Waals surface area contributed by atoms with Crippen LogP contribution >= 0.6 is 11.6 Å². The van der Waals surface area contributed by atoms with Crippen molar-refractivity contribution in [3.8, 4) is 5.75 Å². The van der Waals surface area contributed by atoms with Crippen molar-refractivity contribution in [3.05, 3.63) is 40.4 Å². The first-order valence-corrected chi connectivity index (χ1v) is 6.15. The van der Waals surface area contributed by atoms with Gasteiger partial charge in [0, 0.05) is 16.6 Å². The van der Waals surface area contributed by atoms with Crippen LogP contribution < -0.4 is 10.1 Å². The van der Waals surface area contributed by atoms with Crippen molar-refractivity contribution in [2.24, 2.45) is 0 Å². The van der Waals surface area contributed by atoms with Gasteiger partial charge >= 0.3 is 0 Å². The Morgan fingerprint density at radius 2 is 2.18 bits per heavy atom. The lowest BCUT2D eigenvalue weighted by atomic mass is 10.1. The van der Waals surface area contributed by atoms with Gasteiger partial charge < -0.3 is 10.1 Å².